The number of benzene rings is 1. The summed E-state index contributed by atoms with van der Waals surface area (Å²) in [5.41, 5.74) is -0.284. The van der Waals surface area contributed by atoms with Crippen LogP contribution in [0.5, 0.6) is 0 Å². The number of hydrogen-bond donors (Lipinski definition) is 1. The molecule has 1 N–H and O–H groups in total. The van der Waals surface area contributed by atoms with Crippen molar-refractivity contribution < 1.29 is 23.5 Å². The van der Waals surface area contributed by atoms with E-state index in [1.54, 1.807) is 0 Å². The van der Waals surface area contributed by atoms with Gasteiger partial charge < -0.3 is 10.0 Å². The van der Waals surface area contributed by atoms with Gasteiger partial charge in [-0.25, -0.2) is 18.6 Å². The molecule has 3 rings (SSSR count). The summed E-state index contributed by atoms with van der Waals surface area (Å²) in [5.74, 6) is -3.12. The minimum Gasteiger partial charge on any atom is -0.480 e. The predicted molar refractivity (Wildman–Crippen MR) is 79.2 cm³/mol. The van der Waals surface area contributed by atoms with E-state index in [2.05, 4.69) is 4.98 Å². The van der Waals surface area contributed by atoms with Crippen LogP contribution in [0.4, 0.5) is 8.78 Å². The Morgan fingerprint density at radius 2 is 2.00 bits per heavy atom. The second-order valence-corrected chi connectivity index (χ2v) is 5.99. The lowest BCUT2D eigenvalue weighted by Gasteiger charge is -2.20. The maximum absolute atomic E-state index is 13.8. The van der Waals surface area contributed by atoms with Crippen molar-refractivity contribution in [2.45, 2.75) is 18.9 Å². The smallest absolute Gasteiger partial charge is 0.326 e. The topological polar surface area (TPSA) is 70.5 Å². The fraction of sp³-hybridized carbons (Fsp3) is 0.267. The van der Waals surface area contributed by atoms with Crippen LogP contribution >= 0.6 is 11.3 Å². The van der Waals surface area contributed by atoms with E-state index in [-0.39, 0.29) is 16.3 Å². The molecular formula is C15H12F2N2O3S. The Hall–Kier alpha value is -2.35. The Morgan fingerprint density at radius 1 is 1.30 bits per heavy atom. The molecule has 1 aromatic heterocycles. The first-order chi connectivity index (χ1) is 11.0. The third kappa shape index (κ3) is 2.81. The molecule has 5 nitrogen and oxygen atoms in total. The Balaban J connectivity index is 1.90. The summed E-state index contributed by atoms with van der Waals surface area (Å²) in [4.78, 5) is 28.8. The summed E-state index contributed by atoms with van der Waals surface area (Å²) in [7, 11) is 0. The highest BCUT2D eigenvalue weighted by Gasteiger charge is 2.35. The third-order valence-electron chi connectivity index (χ3n) is 3.70. The number of aliphatic carboxylic acids is 1. The van der Waals surface area contributed by atoms with Crippen LogP contribution in [0, 0.1) is 11.6 Å². The van der Waals surface area contributed by atoms with Gasteiger partial charge in [0.2, 0.25) is 0 Å². The highest BCUT2D eigenvalue weighted by atomic mass is 32.1. The highest BCUT2D eigenvalue weighted by Crippen LogP contribution is 2.30. The van der Waals surface area contributed by atoms with Gasteiger partial charge in [0.05, 0.1) is 5.56 Å². The average Bonchev–Trinajstić information content (AvgIpc) is 3.16. The summed E-state index contributed by atoms with van der Waals surface area (Å²) in [6.07, 6.45) is 0.988. The first-order valence-electron chi connectivity index (χ1n) is 6.92. The minimum absolute atomic E-state index is 0.000744. The lowest BCUT2D eigenvalue weighted by Crippen LogP contribution is -2.40. The van der Waals surface area contributed by atoms with Crippen LogP contribution in [-0.4, -0.2) is 39.5 Å². The molecule has 8 heteroatoms. The van der Waals surface area contributed by atoms with E-state index >= 15 is 0 Å². The fourth-order valence-electron chi connectivity index (χ4n) is 2.60. The van der Waals surface area contributed by atoms with Crippen LogP contribution in [0.1, 0.15) is 23.3 Å². The van der Waals surface area contributed by atoms with Crippen molar-refractivity contribution in [3.05, 3.63) is 40.9 Å². The molecule has 1 atom stereocenters. The van der Waals surface area contributed by atoms with Crippen LogP contribution < -0.4 is 0 Å². The number of carbonyl (C=O) groups excluding carboxylic acids is 1. The fourth-order valence-corrected chi connectivity index (χ4v) is 3.44. The molecule has 0 bridgehead atoms. The molecular weight excluding hydrogens is 326 g/mol. The molecule has 0 aliphatic carbocycles. The lowest BCUT2D eigenvalue weighted by atomic mass is 10.2. The number of hydrogen-bond acceptors (Lipinski definition) is 4. The first-order valence-corrected chi connectivity index (χ1v) is 7.80. The van der Waals surface area contributed by atoms with E-state index in [4.69, 9.17) is 5.11 Å². The van der Waals surface area contributed by atoms with Gasteiger partial charge in [-0.15, -0.1) is 11.3 Å². The van der Waals surface area contributed by atoms with Gasteiger partial charge >= 0.3 is 5.97 Å². The Kier molecular flexibility index (Phi) is 4.08. The number of rotatable bonds is 3. The largest absolute Gasteiger partial charge is 0.480 e. The molecule has 0 radical (unpaired) electrons. The zero-order chi connectivity index (χ0) is 16.6. The van der Waals surface area contributed by atoms with Crippen molar-refractivity contribution in [2.75, 3.05) is 6.54 Å². The minimum atomic E-state index is -1.06. The monoisotopic (exact) mass is 338 g/mol. The number of carbonyl (C=O) groups is 2. The molecule has 23 heavy (non-hydrogen) atoms. The molecule has 1 fully saturated rings. The Labute approximate surface area is 134 Å². The maximum Gasteiger partial charge on any atom is 0.326 e. The van der Waals surface area contributed by atoms with Crippen molar-refractivity contribution in [1.82, 2.24) is 9.88 Å². The van der Waals surface area contributed by atoms with Crippen molar-refractivity contribution in [2.24, 2.45) is 0 Å². The van der Waals surface area contributed by atoms with Crippen LogP contribution in [0.25, 0.3) is 10.6 Å². The number of likely N-dealkylation sites (tertiary alicyclic amines) is 1. The van der Waals surface area contributed by atoms with Gasteiger partial charge in [0.25, 0.3) is 5.91 Å². The zero-order valence-corrected chi connectivity index (χ0v) is 12.6. The normalized spacial score (nSPS) is 17.5. The van der Waals surface area contributed by atoms with Crippen LogP contribution in [0.15, 0.2) is 23.6 Å². The lowest BCUT2D eigenvalue weighted by molar-refractivity contribution is -0.141. The quantitative estimate of drug-likeness (QED) is 0.934. The molecule has 1 aliphatic heterocycles. The second kappa shape index (κ2) is 6.04. The predicted octanol–water partition coefficient (Wildman–Crippen LogP) is 2.78. The van der Waals surface area contributed by atoms with E-state index in [1.165, 1.54) is 16.3 Å². The maximum atomic E-state index is 13.8. The van der Waals surface area contributed by atoms with Gasteiger partial charge in [-0.2, -0.15) is 0 Å². The van der Waals surface area contributed by atoms with E-state index in [1.807, 2.05) is 0 Å². The van der Waals surface area contributed by atoms with Gasteiger partial charge in [-0.05, 0) is 25.0 Å². The third-order valence-corrected chi connectivity index (χ3v) is 4.56. The number of carboxylic acids is 1. The number of thiazole rings is 1. The van der Waals surface area contributed by atoms with E-state index < -0.39 is 29.6 Å². The molecule has 1 aliphatic rings. The van der Waals surface area contributed by atoms with Crippen LogP contribution in [0.3, 0.4) is 0 Å². The molecule has 2 heterocycles. The Bertz CT molecular complexity index is 758. The zero-order valence-electron chi connectivity index (χ0n) is 11.8. The summed E-state index contributed by atoms with van der Waals surface area (Å²) < 4.78 is 27.5. The summed E-state index contributed by atoms with van der Waals surface area (Å²) >= 11 is 0.942. The molecule has 0 spiro atoms. The standard InChI is InChI=1S/C15H12F2N2O3S/c16-8-3-1-4-9(17)12(8)13-18-10(7-23-13)14(20)19-6-2-5-11(19)15(21)22/h1,3-4,7,11H,2,5-6H2,(H,21,22). The van der Waals surface area contributed by atoms with Crippen LogP contribution in [-0.2, 0) is 4.79 Å². The van der Waals surface area contributed by atoms with E-state index in [9.17, 15) is 18.4 Å². The molecule has 1 saturated heterocycles. The summed E-state index contributed by atoms with van der Waals surface area (Å²) in [6.45, 7) is 0.330. The van der Waals surface area contributed by atoms with E-state index in [0.717, 1.165) is 23.5 Å². The van der Waals surface area contributed by atoms with Gasteiger partial charge in [0, 0.05) is 11.9 Å². The molecule has 1 aromatic carbocycles. The second-order valence-electron chi connectivity index (χ2n) is 5.13. The molecule has 1 unspecified atom stereocenters. The molecule has 0 saturated carbocycles. The van der Waals surface area contributed by atoms with Gasteiger partial charge in [-0.1, -0.05) is 6.07 Å². The molecule has 2 aromatic rings. The number of nitrogens with zero attached hydrogens (tertiary/aromatic N) is 2. The summed E-state index contributed by atoms with van der Waals surface area (Å²) in [6, 6.07) is 2.60. The molecule has 120 valence electrons. The van der Waals surface area contributed by atoms with Crippen molar-refractivity contribution in [3.63, 3.8) is 0 Å². The van der Waals surface area contributed by atoms with Gasteiger partial charge in [0.15, 0.2) is 0 Å². The average molecular weight is 338 g/mol. The summed E-state index contributed by atoms with van der Waals surface area (Å²) in [5, 5.41) is 10.6. The number of amides is 1. The SMILES string of the molecule is O=C(O)C1CCCN1C(=O)c1csc(-c2c(F)cccc2F)n1. The number of carboxylic acid groups (broad SMARTS) is 1. The highest BCUT2D eigenvalue weighted by molar-refractivity contribution is 7.13. The first kappa shape index (κ1) is 15.5. The van der Waals surface area contributed by atoms with Crippen molar-refractivity contribution in [1.29, 1.82) is 0 Å². The van der Waals surface area contributed by atoms with Gasteiger partial charge in [0.1, 0.15) is 28.4 Å². The van der Waals surface area contributed by atoms with Gasteiger partial charge in [-0.3, -0.25) is 4.79 Å². The molecule has 1 amide bonds. The van der Waals surface area contributed by atoms with Crippen molar-refractivity contribution >= 4 is 23.2 Å². The van der Waals surface area contributed by atoms with Crippen LogP contribution in [0.2, 0.25) is 0 Å². The number of aromatic nitrogens is 1. The van der Waals surface area contributed by atoms with E-state index in [0.29, 0.717) is 19.4 Å². The number of halogens is 2. The Morgan fingerprint density at radius 3 is 2.65 bits per heavy atom. The van der Waals surface area contributed by atoms with Crippen molar-refractivity contribution in [3.8, 4) is 10.6 Å².